The van der Waals surface area contributed by atoms with Crippen molar-refractivity contribution in [3.8, 4) is 0 Å². The van der Waals surface area contributed by atoms with Gasteiger partial charge >= 0.3 is 5.97 Å². The molecule has 1 aromatic rings. The minimum atomic E-state index is -0.893. The first-order valence-corrected chi connectivity index (χ1v) is 11.1. The average Bonchev–Trinajstić information content (AvgIpc) is 3.55. The summed E-state index contributed by atoms with van der Waals surface area (Å²) in [6, 6.07) is 5.48. The van der Waals surface area contributed by atoms with Crippen molar-refractivity contribution in [2.75, 3.05) is 11.9 Å². The number of ether oxygens (including phenoxy) is 1. The number of esters is 1. The number of likely N-dealkylation sites (tertiary alicyclic amines) is 1. The number of anilines is 1. The lowest BCUT2D eigenvalue weighted by Crippen LogP contribution is -2.46. The van der Waals surface area contributed by atoms with Gasteiger partial charge in [-0.05, 0) is 67.7 Å². The first kappa shape index (κ1) is 20.0. The number of nitrogens with zero attached hydrogens (tertiary/aromatic N) is 1. The standard InChI is InChI=1S/C24H26N2O5/c1-3-10-31-24(30)13-4-6-14(7-5-13)25-21(27)12(2)26-22(28)19-15-8-9-16(18-11-17(15)18)20(19)23(26)29/h4-9,12,15-20H,3,10-11H2,1-2H3,(H,25,27)/t12-,15-,16-,17-,18+,19+,20+/m0/s1. The van der Waals surface area contributed by atoms with Gasteiger partial charge in [0, 0.05) is 5.69 Å². The molecule has 1 saturated heterocycles. The molecule has 3 amide bonds. The van der Waals surface area contributed by atoms with Crippen LogP contribution in [0.5, 0.6) is 0 Å². The Morgan fingerprint density at radius 3 is 2.19 bits per heavy atom. The number of rotatable bonds is 6. The highest BCUT2D eigenvalue weighted by Gasteiger charge is 2.67. The predicted octanol–water partition coefficient (Wildman–Crippen LogP) is 2.63. The van der Waals surface area contributed by atoms with E-state index in [9.17, 15) is 19.2 Å². The SMILES string of the molecule is CCCOC(=O)c1ccc(NC(=O)[C@H](C)N2C(=O)[C@@H]3[C@H]4C=C[C@@H]([C@@H]5C[C@H]45)[C@H]3C2=O)cc1. The molecule has 0 aromatic heterocycles. The number of amides is 3. The molecule has 7 heteroatoms. The number of benzene rings is 1. The molecular weight excluding hydrogens is 396 g/mol. The maximum atomic E-state index is 13.1. The Morgan fingerprint density at radius 2 is 1.65 bits per heavy atom. The number of carbonyl (C=O) groups excluding carboxylic acids is 4. The minimum Gasteiger partial charge on any atom is -0.462 e. The summed E-state index contributed by atoms with van der Waals surface area (Å²) in [4.78, 5) is 52.2. The summed E-state index contributed by atoms with van der Waals surface area (Å²) in [5.74, 6) is -0.553. The van der Waals surface area contributed by atoms with E-state index in [1.54, 1.807) is 31.2 Å². The number of hydrogen-bond donors (Lipinski definition) is 1. The van der Waals surface area contributed by atoms with E-state index >= 15 is 0 Å². The summed E-state index contributed by atoms with van der Waals surface area (Å²) >= 11 is 0. The van der Waals surface area contributed by atoms with Gasteiger partial charge in [-0.25, -0.2) is 4.79 Å². The second-order valence-corrected chi connectivity index (χ2v) is 9.08. The summed E-state index contributed by atoms with van der Waals surface area (Å²) in [5, 5.41) is 2.75. The second-order valence-electron chi connectivity index (χ2n) is 9.08. The molecule has 3 fully saturated rings. The van der Waals surface area contributed by atoms with Crippen LogP contribution in [0.4, 0.5) is 5.69 Å². The molecule has 4 aliphatic carbocycles. The lowest BCUT2D eigenvalue weighted by Gasteiger charge is -2.37. The third-order valence-electron chi connectivity index (χ3n) is 7.29. The molecular formula is C24H26N2O5. The minimum absolute atomic E-state index is 0.136. The maximum Gasteiger partial charge on any atom is 0.338 e. The van der Waals surface area contributed by atoms with Gasteiger partial charge in [-0.1, -0.05) is 19.1 Å². The van der Waals surface area contributed by atoms with Gasteiger partial charge in [-0.15, -0.1) is 0 Å². The lowest BCUT2D eigenvalue weighted by molar-refractivity contribution is -0.146. The molecule has 0 unspecified atom stereocenters. The molecule has 2 bridgehead atoms. The fraction of sp³-hybridized carbons (Fsp3) is 0.500. The number of hydrogen-bond acceptors (Lipinski definition) is 5. The smallest absolute Gasteiger partial charge is 0.338 e. The Morgan fingerprint density at radius 1 is 1.06 bits per heavy atom. The Bertz CT molecular complexity index is 948. The van der Waals surface area contributed by atoms with Crippen molar-refractivity contribution in [1.82, 2.24) is 4.90 Å². The van der Waals surface area contributed by atoms with Crippen LogP contribution in [0.1, 0.15) is 37.0 Å². The Hall–Kier alpha value is -2.96. The second kappa shape index (κ2) is 7.32. The topological polar surface area (TPSA) is 92.8 Å². The molecule has 1 aromatic carbocycles. The van der Waals surface area contributed by atoms with E-state index in [1.807, 2.05) is 6.92 Å². The van der Waals surface area contributed by atoms with Gasteiger partial charge in [0.1, 0.15) is 6.04 Å². The van der Waals surface area contributed by atoms with Crippen molar-refractivity contribution in [2.45, 2.75) is 32.7 Å². The van der Waals surface area contributed by atoms with Gasteiger partial charge < -0.3 is 10.1 Å². The molecule has 2 saturated carbocycles. The van der Waals surface area contributed by atoms with Gasteiger partial charge in [0.15, 0.2) is 0 Å². The van der Waals surface area contributed by atoms with Crippen LogP contribution >= 0.6 is 0 Å². The van der Waals surface area contributed by atoms with Crippen LogP contribution in [-0.2, 0) is 19.1 Å². The summed E-state index contributed by atoms with van der Waals surface area (Å²) in [6.07, 6.45) is 6.08. The maximum absolute atomic E-state index is 13.1. The Balaban J connectivity index is 1.26. The summed E-state index contributed by atoms with van der Waals surface area (Å²) in [5.41, 5.74) is 0.887. The van der Waals surface area contributed by atoms with Crippen LogP contribution in [0.2, 0.25) is 0 Å². The molecule has 5 aliphatic rings. The Labute approximate surface area is 180 Å². The van der Waals surface area contributed by atoms with Crippen molar-refractivity contribution >= 4 is 29.4 Å². The van der Waals surface area contributed by atoms with E-state index < -0.39 is 17.9 Å². The molecule has 0 radical (unpaired) electrons. The number of imide groups is 1. The predicted molar refractivity (Wildman–Crippen MR) is 112 cm³/mol. The average molecular weight is 422 g/mol. The molecule has 6 rings (SSSR count). The highest BCUT2D eigenvalue weighted by Crippen LogP contribution is 2.65. The first-order chi connectivity index (χ1) is 14.9. The van der Waals surface area contributed by atoms with Gasteiger partial charge in [0.25, 0.3) is 0 Å². The Kier molecular flexibility index (Phi) is 4.72. The monoisotopic (exact) mass is 422 g/mol. The molecule has 1 N–H and O–H groups in total. The van der Waals surface area contributed by atoms with Crippen molar-refractivity contribution in [3.63, 3.8) is 0 Å². The zero-order valence-corrected chi connectivity index (χ0v) is 17.6. The van der Waals surface area contributed by atoms with Crippen LogP contribution in [0.15, 0.2) is 36.4 Å². The fourth-order valence-corrected chi connectivity index (χ4v) is 5.69. The zero-order chi connectivity index (χ0) is 21.9. The molecule has 31 heavy (non-hydrogen) atoms. The quantitative estimate of drug-likeness (QED) is 0.432. The summed E-state index contributed by atoms with van der Waals surface area (Å²) in [7, 11) is 0. The normalized spacial score (nSPS) is 33.0. The molecule has 0 spiro atoms. The van der Waals surface area contributed by atoms with Crippen LogP contribution in [0.3, 0.4) is 0 Å². The van der Waals surface area contributed by atoms with Crippen molar-refractivity contribution in [2.24, 2.45) is 35.5 Å². The van der Waals surface area contributed by atoms with E-state index in [1.165, 1.54) is 4.90 Å². The molecule has 162 valence electrons. The molecule has 1 aliphatic heterocycles. The number of allylic oxidation sites excluding steroid dienone is 2. The molecule has 7 nitrogen and oxygen atoms in total. The first-order valence-electron chi connectivity index (χ1n) is 11.1. The van der Waals surface area contributed by atoms with Gasteiger partial charge in [0.05, 0.1) is 24.0 Å². The van der Waals surface area contributed by atoms with Crippen LogP contribution in [-0.4, -0.2) is 41.2 Å². The lowest BCUT2D eigenvalue weighted by atomic mass is 9.63. The third kappa shape index (κ3) is 3.09. The third-order valence-corrected chi connectivity index (χ3v) is 7.29. The highest BCUT2D eigenvalue weighted by atomic mass is 16.5. The van der Waals surface area contributed by atoms with Gasteiger partial charge in [-0.2, -0.15) is 0 Å². The van der Waals surface area contributed by atoms with Crippen LogP contribution in [0.25, 0.3) is 0 Å². The van der Waals surface area contributed by atoms with Gasteiger partial charge in [0.2, 0.25) is 17.7 Å². The highest BCUT2D eigenvalue weighted by molar-refractivity contribution is 6.10. The summed E-state index contributed by atoms with van der Waals surface area (Å²) < 4.78 is 5.09. The van der Waals surface area contributed by atoms with Crippen molar-refractivity contribution in [3.05, 3.63) is 42.0 Å². The fourth-order valence-electron chi connectivity index (χ4n) is 5.69. The van der Waals surface area contributed by atoms with Crippen molar-refractivity contribution in [1.29, 1.82) is 0 Å². The molecule has 1 heterocycles. The number of carbonyl (C=O) groups is 4. The number of nitrogens with one attached hydrogen (secondary N) is 1. The van der Waals surface area contributed by atoms with Crippen molar-refractivity contribution < 1.29 is 23.9 Å². The van der Waals surface area contributed by atoms with Gasteiger partial charge in [-0.3, -0.25) is 19.3 Å². The van der Waals surface area contributed by atoms with E-state index in [0.717, 1.165) is 12.8 Å². The largest absolute Gasteiger partial charge is 0.462 e. The zero-order valence-electron chi connectivity index (χ0n) is 17.6. The van der Waals surface area contributed by atoms with Crippen LogP contribution < -0.4 is 5.32 Å². The molecule has 7 atom stereocenters. The van der Waals surface area contributed by atoms with Crippen LogP contribution in [0, 0.1) is 35.5 Å². The van der Waals surface area contributed by atoms with E-state index in [4.69, 9.17) is 4.74 Å². The summed E-state index contributed by atoms with van der Waals surface area (Å²) in [6.45, 7) is 3.87. The van der Waals surface area contributed by atoms with E-state index in [0.29, 0.717) is 29.7 Å². The van der Waals surface area contributed by atoms with E-state index in [2.05, 4.69) is 17.5 Å². The van der Waals surface area contributed by atoms with E-state index in [-0.39, 0.29) is 35.5 Å².